The highest BCUT2D eigenvalue weighted by atomic mass is 35.5. The average molecular weight is 444 g/mol. The zero-order valence-corrected chi connectivity index (χ0v) is 19.1. The van der Waals surface area contributed by atoms with Gasteiger partial charge in [0.2, 0.25) is 0 Å². The van der Waals surface area contributed by atoms with Crippen LogP contribution in [0.3, 0.4) is 0 Å². The number of benzene rings is 3. The zero-order chi connectivity index (χ0) is 21.3. The van der Waals surface area contributed by atoms with Crippen LogP contribution in [0.25, 0.3) is 10.8 Å². The van der Waals surface area contributed by atoms with Crippen LogP contribution < -0.4 is 4.74 Å². The van der Waals surface area contributed by atoms with Crippen molar-refractivity contribution in [2.75, 3.05) is 33.9 Å². The first-order valence-electron chi connectivity index (χ1n) is 10.1. The number of carbonyl (C=O) groups is 1. The monoisotopic (exact) mass is 443 g/mol. The molecule has 166 valence electrons. The summed E-state index contributed by atoms with van der Waals surface area (Å²) in [6, 6.07) is 22.1. The number of esters is 1. The second kappa shape index (κ2) is 12.3. The van der Waals surface area contributed by atoms with E-state index >= 15 is 0 Å². The highest BCUT2D eigenvalue weighted by Crippen LogP contribution is 2.27. The highest BCUT2D eigenvalue weighted by Gasteiger charge is 2.16. The summed E-state index contributed by atoms with van der Waals surface area (Å²) in [6.45, 7) is 3.68. The fraction of sp³-hybridized carbons (Fsp3) is 0.320. The van der Waals surface area contributed by atoms with Gasteiger partial charge in [-0.3, -0.25) is 4.79 Å². The molecule has 1 unspecified atom stereocenters. The fourth-order valence-corrected chi connectivity index (χ4v) is 3.11. The Hall–Kier alpha value is -2.60. The van der Waals surface area contributed by atoms with Crippen molar-refractivity contribution in [3.63, 3.8) is 0 Å². The summed E-state index contributed by atoms with van der Waals surface area (Å²) in [7, 11) is 3.99. The molecule has 0 aliphatic carbocycles. The van der Waals surface area contributed by atoms with Gasteiger partial charge in [-0.2, -0.15) is 0 Å². The molecule has 0 fully saturated rings. The molecule has 0 saturated heterocycles. The number of nitrogens with zero attached hydrogens (tertiary/aromatic N) is 1. The summed E-state index contributed by atoms with van der Waals surface area (Å²) >= 11 is 0. The van der Waals surface area contributed by atoms with Crippen LogP contribution in [-0.4, -0.2) is 44.7 Å². The van der Waals surface area contributed by atoms with Crippen molar-refractivity contribution in [1.29, 1.82) is 0 Å². The number of hydrogen-bond donors (Lipinski definition) is 0. The molecular weight excluding hydrogens is 414 g/mol. The van der Waals surface area contributed by atoms with E-state index in [0.29, 0.717) is 19.8 Å². The molecule has 0 heterocycles. The van der Waals surface area contributed by atoms with E-state index in [1.54, 1.807) is 0 Å². The van der Waals surface area contributed by atoms with E-state index in [1.807, 2.05) is 85.7 Å². The average Bonchev–Trinajstić information content (AvgIpc) is 2.74. The molecule has 0 spiro atoms. The summed E-state index contributed by atoms with van der Waals surface area (Å²) in [5.41, 5.74) is 2.05. The Morgan fingerprint density at radius 3 is 2.39 bits per heavy atom. The normalized spacial score (nSPS) is 11.7. The predicted octanol–water partition coefficient (Wildman–Crippen LogP) is 5.02. The quantitative estimate of drug-likeness (QED) is 0.325. The Morgan fingerprint density at radius 2 is 1.68 bits per heavy atom. The van der Waals surface area contributed by atoms with Crippen molar-refractivity contribution in [3.05, 3.63) is 77.9 Å². The first kappa shape index (κ1) is 24.7. The van der Waals surface area contributed by atoms with Crippen molar-refractivity contribution >= 4 is 29.1 Å². The third-order valence-electron chi connectivity index (χ3n) is 4.72. The van der Waals surface area contributed by atoms with Crippen LogP contribution in [-0.2, 0) is 20.9 Å². The summed E-state index contributed by atoms with van der Waals surface area (Å²) in [5, 5.41) is 2.13. The van der Waals surface area contributed by atoms with E-state index in [4.69, 9.17) is 14.2 Å². The van der Waals surface area contributed by atoms with Crippen molar-refractivity contribution in [3.8, 4) is 5.75 Å². The van der Waals surface area contributed by atoms with Crippen molar-refractivity contribution in [1.82, 2.24) is 4.90 Å². The van der Waals surface area contributed by atoms with Gasteiger partial charge in [0.15, 0.2) is 6.10 Å². The molecule has 0 amide bonds. The molecule has 3 rings (SSSR count). The minimum atomic E-state index is -0.428. The topological polar surface area (TPSA) is 48.0 Å². The lowest BCUT2D eigenvalue weighted by Crippen LogP contribution is -2.21. The maximum Gasteiger partial charge on any atom is 0.303 e. The Labute approximate surface area is 190 Å². The van der Waals surface area contributed by atoms with Gasteiger partial charge >= 0.3 is 5.97 Å². The summed E-state index contributed by atoms with van der Waals surface area (Å²) < 4.78 is 17.2. The van der Waals surface area contributed by atoms with Gasteiger partial charge < -0.3 is 19.1 Å². The Kier molecular flexibility index (Phi) is 9.79. The zero-order valence-electron chi connectivity index (χ0n) is 18.2. The van der Waals surface area contributed by atoms with Gasteiger partial charge in [-0.05, 0) is 54.2 Å². The molecule has 0 N–H and O–H groups in total. The third-order valence-corrected chi connectivity index (χ3v) is 4.72. The van der Waals surface area contributed by atoms with Crippen LogP contribution >= 0.6 is 12.4 Å². The number of likely N-dealkylation sites (N-methyl/N-ethyl adjacent to an activating group) is 1. The standard InChI is InChI=1S/C25H29NO4.ClH/c1-19(27)30-25(18-28-14-13-26(2)3)23-10-9-22-16-24(12-11-21(22)15-23)29-17-20-7-5-4-6-8-20;/h4-12,15-16,25H,13-14,17-18H2,1-3H3;1H. The first-order chi connectivity index (χ1) is 14.5. The smallest absolute Gasteiger partial charge is 0.303 e. The van der Waals surface area contributed by atoms with Crippen LogP contribution in [0.15, 0.2) is 66.7 Å². The Balaban J connectivity index is 0.00000341. The number of fused-ring (bicyclic) bond motifs is 1. The van der Waals surface area contributed by atoms with Crippen LogP contribution in [0.4, 0.5) is 0 Å². The highest BCUT2D eigenvalue weighted by molar-refractivity contribution is 5.85. The van der Waals surface area contributed by atoms with E-state index in [0.717, 1.165) is 34.2 Å². The SMILES string of the molecule is CC(=O)OC(COCCN(C)C)c1ccc2cc(OCc3ccccc3)ccc2c1.Cl. The van der Waals surface area contributed by atoms with E-state index < -0.39 is 6.10 Å². The second-order valence-electron chi connectivity index (χ2n) is 7.52. The maximum absolute atomic E-state index is 11.6. The van der Waals surface area contributed by atoms with E-state index in [2.05, 4.69) is 0 Å². The lowest BCUT2D eigenvalue weighted by molar-refractivity contribution is -0.150. The lowest BCUT2D eigenvalue weighted by atomic mass is 10.0. The number of carbonyl (C=O) groups excluding carboxylic acids is 1. The van der Waals surface area contributed by atoms with E-state index in [1.165, 1.54) is 6.92 Å². The first-order valence-corrected chi connectivity index (χ1v) is 10.1. The van der Waals surface area contributed by atoms with Crippen molar-refractivity contribution in [2.24, 2.45) is 0 Å². The molecule has 0 bridgehead atoms. The maximum atomic E-state index is 11.6. The van der Waals surface area contributed by atoms with Gasteiger partial charge in [-0.25, -0.2) is 0 Å². The van der Waals surface area contributed by atoms with Gasteiger partial charge in [0.25, 0.3) is 0 Å². The molecule has 1 atom stereocenters. The van der Waals surface area contributed by atoms with Crippen LogP contribution in [0.5, 0.6) is 5.75 Å². The van der Waals surface area contributed by atoms with Gasteiger partial charge in [-0.15, -0.1) is 12.4 Å². The van der Waals surface area contributed by atoms with Gasteiger partial charge in [0.1, 0.15) is 12.4 Å². The summed E-state index contributed by atoms with van der Waals surface area (Å²) in [6.07, 6.45) is -0.428. The molecule has 3 aromatic carbocycles. The largest absolute Gasteiger partial charge is 0.489 e. The number of ether oxygens (including phenoxy) is 3. The molecule has 0 radical (unpaired) electrons. The number of rotatable bonds is 10. The van der Waals surface area contributed by atoms with E-state index in [-0.39, 0.29) is 18.4 Å². The molecule has 31 heavy (non-hydrogen) atoms. The molecule has 0 aromatic heterocycles. The molecule has 0 saturated carbocycles. The van der Waals surface area contributed by atoms with Gasteiger partial charge in [0, 0.05) is 13.5 Å². The molecule has 0 aliphatic rings. The molecule has 5 nitrogen and oxygen atoms in total. The second-order valence-corrected chi connectivity index (χ2v) is 7.52. The molecular formula is C25H30ClNO4. The predicted molar refractivity (Wildman–Crippen MR) is 126 cm³/mol. The van der Waals surface area contributed by atoms with Crippen molar-refractivity contribution < 1.29 is 19.0 Å². The van der Waals surface area contributed by atoms with Crippen LogP contribution in [0, 0.1) is 0 Å². The number of halogens is 1. The summed E-state index contributed by atoms with van der Waals surface area (Å²) in [5.74, 6) is 0.503. The third kappa shape index (κ3) is 7.87. The van der Waals surface area contributed by atoms with Crippen molar-refractivity contribution in [2.45, 2.75) is 19.6 Å². The van der Waals surface area contributed by atoms with Crippen LogP contribution in [0.2, 0.25) is 0 Å². The van der Waals surface area contributed by atoms with Gasteiger partial charge in [-0.1, -0.05) is 48.5 Å². The Bertz CT molecular complexity index is 962. The fourth-order valence-electron chi connectivity index (χ4n) is 3.11. The van der Waals surface area contributed by atoms with Gasteiger partial charge in [0.05, 0.1) is 13.2 Å². The van der Waals surface area contributed by atoms with Crippen LogP contribution in [0.1, 0.15) is 24.2 Å². The minimum absolute atomic E-state index is 0. The molecule has 3 aromatic rings. The Morgan fingerprint density at radius 1 is 0.968 bits per heavy atom. The lowest BCUT2D eigenvalue weighted by Gasteiger charge is -2.19. The molecule has 0 aliphatic heterocycles. The minimum Gasteiger partial charge on any atom is -0.489 e. The number of hydrogen-bond acceptors (Lipinski definition) is 5. The van der Waals surface area contributed by atoms with E-state index in [9.17, 15) is 4.79 Å². The summed E-state index contributed by atoms with van der Waals surface area (Å²) in [4.78, 5) is 13.6. The molecule has 6 heteroatoms.